The van der Waals surface area contributed by atoms with Crippen LogP contribution in [0.1, 0.15) is 11.3 Å². The molecule has 1 aromatic heterocycles. The lowest BCUT2D eigenvalue weighted by molar-refractivity contribution is -0.137. The van der Waals surface area contributed by atoms with Gasteiger partial charge in [0.1, 0.15) is 11.6 Å². The van der Waals surface area contributed by atoms with E-state index in [4.69, 9.17) is 21.6 Å². The van der Waals surface area contributed by atoms with Crippen molar-refractivity contribution in [3.63, 3.8) is 0 Å². The van der Waals surface area contributed by atoms with Crippen LogP contribution in [0, 0.1) is 17.1 Å². The van der Waals surface area contributed by atoms with E-state index in [-0.39, 0.29) is 34.1 Å². The summed E-state index contributed by atoms with van der Waals surface area (Å²) < 4.78 is 59.4. The Kier molecular flexibility index (Phi) is 6.67. The summed E-state index contributed by atoms with van der Waals surface area (Å²) in [5.41, 5.74) is -1.31. The molecule has 8 nitrogen and oxygen atoms in total. The molecule has 0 spiro atoms. The Labute approximate surface area is 205 Å². The first-order valence-electron chi connectivity index (χ1n) is 10.1. The first-order chi connectivity index (χ1) is 17.0. The fraction of sp³-hybridized carbons (Fsp3) is 0.130. The normalized spacial score (nSPS) is 13.9. The number of rotatable bonds is 5. The van der Waals surface area contributed by atoms with E-state index in [2.05, 4.69) is 15.5 Å². The van der Waals surface area contributed by atoms with Crippen molar-refractivity contribution in [2.24, 2.45) is 0 Å². The Balaban J connectivity index is 1.65. The van der Waals surface area contributed by atoms with Gasteiger partial charge < -0.3 is 15.0 Å². The van der Waals surface area contributed by atoms with Crippen molar-refractivity contribution in [1.29, 1.82) is 5.26 Å². The van der Waals surface area contributed by atoms with Gasteiger partial charge in [-0.1, -0.05) is 23.7 Å². The van der Waals surface area contributed by atoms with Gasteiger partial charge in [0.25, 0.3) is 11.5 Å². The van der Waals surface area contributed by atoms with Crippen LogP contribution in [0.15, 0.2) is 64.8 Å². The number of hydrogen-bond acceptors (Lipinski definition) is 6. The van der Waals surface area contributed by atoms with Crippen LogP contribution in [-0.4, -0.2) is 33.8 Å². The summed E-state index contributed by atoms with van der Waals surface area (Å²) in [7, 11) is 0. The second-order valence-electron chi connectivity index (χ2n) is 7.54. The summed E-state index contributed by atoms with van der Waals surface area (Å²) >= 11 is 5.89. The predicted octanol–water partition coefficient (Wildman–Crippen LogP) is 3.84. The Morgan fingerprint density at radius 1 is 1.14 bits per heavy atom. The van der Waals surface area contributed by atoms with Crippen molar-refractivity contribution < 1.29 is 27.1 Å². The number of aromatic nitrogens is 2. The lowest BCUT2D eigenvalue weighted by Gasteiger charge is -2.31. The number of alkyl halides is 3. The van der Waals surface area contributed by atoms with Crippen molar-refractivity contribution in [1.82, 2.24) is 20.4 Å². The molecule has 0 aliphatic carbocycles. The number of carbonyl (C=O) groups is 1. The van der Waals surface area contributed by atoms with Gasteiger partial charge in [-0.05, 0) is 42.0 Å². The van der Waals surface area contributed by atoms with Gasteiger partial charge in [0.2, 0.25) is 5.76 Å². The van der Waals surface area contributed by atoms with E-state index < -0.39 is 41.6 Å². The molecular weight excluding hydrogens is 506 g/mol. The molecule has 4 rings (SSSR count). The van der Waals surface area contributed by atoms with E-state index in [9.17, 15) is 27.2 Å². The summed E-state index contributed by atoms with van der Waals surface area (Å²) in [6.07, 6.45) is -4.94. The molecule has 2 heterocycles. The molecular formula is C23H14ClF4N5O3. The van der Waals surface area contributed by atoms with Gasteiger partial charge in [-0.3, -0.25) is 9.59 Å². The molecule has 0 atom stereocenters. The largest absolute Gasteiger partial charge is 0.449 e. The van der Waals surface area contributed by atoms with Gasteiger partial charge in [0, 0.05) is 5.02 Å². The van der Waals surface area contributed by atoms with Crippen LogP contribution in [0.5, 0.6) is 5.75 Å². The number of nitrogens with zero attached hydrogens (tertiary/aromatic N) is 3. The van der Waals surface area contributed by atoms with Crippen LogP contribution < -0.4 is 15.6 Å². The van der Waals surface area contributed by atoms with Gasteiger partial charge in [0.15, 0.2) is 5.70 Å². The number of carbonyl (C=O) groups excluding carboxylic acids is 1. The molecule has 1 aliphatic heterocycles. The topological polar surface area (TPSA) is 111 Å². The van der Waals surface area contributed by atoms with Crippen LogP contribution in [-0.2, 0) is 11.3 Å². The molecule has 0 saturated heterocycles. The quantitative estimate of drug-likeness (QED) is 0.496. The zero-order chi connectivity index (χ0) is 26.0. The molecule has 36 heavy (non-hydrogen) atoms. The number of hydrogen-bond donors (Lipinski definition) is 2. The van der Waals surface area contributed by atoms with Crippen LogP contribution in [0.2, 0.25) is 5.02 Å². The Hall–Kier alpha value is -4.37. The third-order valence-corrected chi connectivity index (χ3v) is 5.24. The molecule has 0 saturated carbocycles. The smallest absolute Gasteiger partial charge is 0.434 e. The first kappa shape index (κ1) is 24.7. The third kappa shape index (κ3) is 5.31. The summed E-state index contributed by atoms with van der Waals surface area (Å²) in [4.78, 5) is 26.2. The summed E-state index contributed by atoms with van der Waals surface area (Å²) in [6, 6.07) is 11.8. The molecule has 184 valence electrons. The highest BCUT2D eigenvalue weighted by molar-refractivity contribution is 6.30. The molecule has 2 N–H and O–H groups in total. The highest BCUT2D eigenvalue weighted by Gasteiger charge is 2.44. The van der Waals surface area contributed by atoms with Gasteiger partial charge in [-0.2, -0.15) is 23.5 Å². The van der Waals surface area contributed by atoms with Crippen molar-refractivity contribution in [2.75, 3.05) is 6.67 Å². The van der Waals surface area contributed by atoms with Gasteiger partial charge in [-0.15, -0.1) is 0 Å². The van der Waals surface area contributed by atoms with Crippen LogP contribution in [0.25, 0.3) is 11.1 Å². The van der Waals surface area contributed by atoms with Crippen LogP contribution >= 0.6 is 11.6 Å². The number of allylic oxidation sites excluding steroid dienone is 1. The Morgan fingerprint density at radius 3 is 2.53 bits per heavy atom. The molecule has 2 aromatic carbocycles. The van der Waals surface area contributed by atoms with Gasteiger partial charge >= 0.3 is 6.18 Å². The number of aromatic amines is 1. The molecule has 1 aliphatic rings. The van der Waals surface area contributed by atoms with E-state index in [1.807, 2.05) is 0 Å². The maximum atomic E-state index is 13.6. The second kappa shape index (κ2) is 9.71. The number of H-pyrrole nitrogens is 1. The SMILES string of the molecule is N#Cc1cc(Cl)cc(OC2=C(C(F)(F)F)NCN(Cc3cc(-c4ccc(F)cc4)c(=O)[nH]n3)C2=O)c1. The number of nitriles is 1. The minimum atomic E-state index is -4.94. The highest BCUT2D eigenvalue weighted by Crippen LogP contribution is 2.32. The Bertz CT molecular complexity index is 1460. The maximum absolute atomic E-state index is 13.6. The summed E-state index contributed by atoms with van der Waals surface area (Å²) in [5.74, 6) is -2.91. The van der Waals surface area contributed by atoms with E-state index in [0.29, 0.717) is 5.56 Å². The number of amides is 1. The van der Waals surface area contributed by atoms with Gasteiger partial charge in [0.05, 0.1) is 36.1 Å². The first-order valence-corrected chi connectivity index (χ1v) is 10.5. The fourth-order valence-electron chi connectivity index (χ4n) is 3.40. The van der Waals surface area contributed by atoms with Gasteiger partial charge in [-0.25, -0.2) is 9.49 Å². The lowest BCUT2D eigenvalue weighted by atomic mass is 10.1. The van der Waals surface area contributed by atoms with Crippen LogP contribution in [0.3, 0.4) is 0 Å². The van der Waals surface area contributed by atoms with E-state index in [1.165, 1.54) is 24.3 Å². The monoisotopic (exact) mass is 519 g/mol. The molecule has 1 amide bonds. The zero-order valence-electron chi connectivity index (χ0n) is 18.0. The zero-order valence-corrected chi connectivity index (χ0v) is 18.7. The number of ether oxygens (including phenoxy) is 1. The number of halogens is 5. The van der Waals surface area contributed by atoms with E-state index in [1.54, 1.807) is 6.07 Å². The molecule has 13 heteroatoms. The third-order valence-electron chi connectivity index (χ3n) is 5.02. The Morgan fingerprint density at radius 2 is 1.86 bits per heavy atom. The second-order valence-corrected chi connectivity index (χ2v) is 7.97. The molecule has 0 bridgehead atoms. The maximum Gasteiger partial charge on any atom is 0.434 e. The summed E-state index contributed by atoms with van der Waals surface area (Å²) in [5, 5.41) is 17.4. The van der Waals surface area contributed by atoms with Crippen molar-refractivity contribution >= 4 is 17.5 Å². The van der Waals surface area contributed by atoms with Crippen molar-refractivity contribution in [3.05, 3.63) is 92.4 Å². The lowest BCUT2D eigenvalue weighted by Crippen LogP contribution is -2.49. The molecule has 0 radical (unpaired) electrons. The van der Waals surface area contributed by atoms with E-state index in [0.717, 1.165) is 29.2 Å². The van der Waals surface area contributed by atoms with Crippen molar-refractivity contribution in [2.45, 2.75) is 12.7 Å². The number of benzene rings is 2. The van der Waals surface area contributed by atoms with Crippen molar-refractivity contribution in [3.8, 4) is 22.9 Å². The minimum Gasteiger partial charge on any atom is -0.449 e. The average Bonchev–Trinajstić information content (AvgIpc) is 2.82. The fourth-order valence-corrected chi connectivity index (χ4v) is 3.63. The molecule has 0 fully saturated rings. The van der Waals surface area contributed by atoms with E-state index >= 15 is 0 Å². The molecule has 3 aromatic rings. The predicted molar refractivity (Wildman–Crippen MR) is 119 cm³/mol. The average molecular weight is 520 g/mol. The standard InChI is InChI=1S/C23H14ClF4N5O3/c24-14-5-12(9-29)6-17(7-14)36-19-20(23(26,27)28)30-11-33(22(19)35)10-16-8-18(21(34)32-31-16)13-1-3-15(25)4-2-13/h1-8,30H,10-11H2,(H,32,34). The van der Waals surface area contributed by atoms with Crippen LogP contribution in [0.4, 0.5) is 17.6 Å². The summed E-state index contributed by atoms with van der Waals surface area (Å²) in [6.45, 7) is -0.833. The highest BCUT2D eigenvalue weighted by atomic mass is 35.5. The number of nitrogens with one attached hydrogen (secondary N) is 2. The molecule has 0 unspecified atom stereocenters. The minimum absolute atomic E-state index is 0.0190.